The van der Waals surface area contributed by atoms with Gasteiger partial charge in [0.1, 0.15) is 23.6 Å². The molecule has 0 spiro atoms. The molecular weight excluding hydrogens is 424 g/mol. The van der Waals surface area contributed by atoms with Gasteiger partial charge in [0.25, 0.3) is 11.5 Å². The van der Waals surface area contributed by atoms with Crippen molar-refractivity contribution < 1.29 is 28.5 Å². The predicted octanol–water partition coefficient (Wildman–Crippen LogP) is 3.47. The van der Waals surface area contributed by atoms with Gasteiger partial charge in [0.15, 0.2) is 5.69 Å². The van der Waals surface area contributed by atoms with Gasteiger partial charge in [0.2, 0.25) is 5.52 Å². The van der Waals surface area contributed by atoms with Crippen molar-refractivity contribution in [3.05, 3.63) is 101 Å². The Hall–Kier alpha value is -4.46. The first kappa shape index (κ1) is 21.8. The van der Waals surface area contributed by atoms with Crippen LogP contribution in [0.5, 0.6) is 11.5 Å². The van der Waals surface area contributed by atoms with Crippen molar-refractivity contribution in [1.82, 2.24) is 4.98 Å². The van der Waals surface area contributed by atoms with Crippen molar-refractivity contribution >= 4 is 22.8 Å². The van der Waals surface area contributed by atoms with Crippen molar-refractivity contribution in [3.8, 4) is 11.5 Å². The first-order valence-electron chi connectivity index (χ1n) is 10.0. The number of carbonyl (C=O) groups is 2. The Balaban J connectivity index is 1.73. The van der Waals surface area contributed by atoms with Gasteiger partial charge in [-0.05, 0) is 36.4 Å². The van der Waals surface area contributed by atoms with E-state index in [-0.39, 0.29) is 23.5 Å². The van der Waals surface area contributed by atoms with E-state index in [1.807, 2.05) is 0 Å². The summed E-state index contributed by atoms with van der Waals surface area (Å²) in [4.78, 5) is 30.2. The summed E-state index contributed by atoms with van der Waals surface area (Å²) in [5.74, 6) is -0.102. The molecule has 8 heteroatoms. The number of aromatic nitrogens is 2. The third-order valence-corrected chi connectivity index (χ3v) is 5.05. The van der Waals surface area contributed by atoms with Crippen molar-refractivity contribution in [2.24, 2.45) is 0 Å². The quantitative estimate of drug-likeness (QED) is 0.186. The normalized spacial score (nSPS) is 10.6. The molecule has 3 aromatic carbocycles. The topological polar surface area (TPSA) is 102 Å². The summed E-state index contributed by atoms with van der Waals surface area (Å²) in [6.45, 7) is -0.358. The second kappa shape index (κ2) is 9.35. The number of benzene rings is 3. The number of rotatable bonds is 7. The number of esters is 1. The third kappa shape index (κ3) is 4.45. The predicted molar refractivity (Wildman–Crippen MR) is 119 cm³/mol. The number of ether oxygens (including phenoxy) is 3. The van der Waals surface area contributed by atoms with Gasteiger partial charge in [-0.2, -0.15) is 4.73 Å². The van der Waals surface area contributed by atoms with Crippen LogP contribution in [0.15, 0.2) is 72.8 Å². The van der Waals surface area contributed by atoms with E-state index in [9.17, 15) is 14.8 Å². The molecule has 166 valence electrons. The fraction of sp³-hybridized carbons (Fsp3) is 0.120. The first-order valence-corrected chi connectivity index (χ1v) is 10.0. The summed E-state index contributed by atoms with van der Waals surface area (Å²) in [5.41, 5.74) is 0.953. The molecule has 0 bridgehead atoms. The van der Waals surface area contributed by atoms with Crippen LogP contribution in [0.25, 0.3) is 11.0 Å². The summed E-state index contributed by atoms with van der Waals surface area (Å²) in [6, 6.07) is 19.5. The van der Waals surface area contributed by atoms with Crippen molar-refractivity contribution in [2.45, 2.75) is 6.61 Å². The van der Waals surface area contributed by atoms with Gasteiger partial charge in [-0.25, -0.2) is 9.78 Å². The zero-order chi connectivity index (χ0) is 23.4. The van der Waals surface area contributed by atoms with Crippen LogP contribution in [0.2, 0.25) is 0 Å². The monoisotopic (exact) mass is 444 g/mol. The van der Waals surface area contributed by atoms with Gasteiger partial charge < -0.3 is 19.4 Å². The van der Waals surface area contributed by atoms with Gasteiger partial charge in [-0.1, -0.05) is 30.3 Å². The molecule has 0 radical (unpaired) electrons. The van der Waals surface area contributed by atoms with Crippen molar-refractivity contribution in [1.29, 1.82) is 0 Å². The average molecular weight is 444 g/mol. The minimum absolute atomic E-state index is 0.0541. The van der Waals surface area contributed by atoms with Crippen LogP contribution in [0.3, 0.4) is 0 Å². The highest BCUT2D eigenvalue weighted by Gasteiger charge is 2.28. The molecule has 0 aliphatic heterocycles. The van der Waals surface area contributed by atoms with E-state index in [0.717, 1.165) is 0 Å². The molecule has 8 nitrogen and oxygen atoms in total. The van der Waals surface area contributed by atoms with Crippen LogP contribution in [-0.2, 0) is 11.3 Å². The van der Waals surface area contributed by atoms with Crippen LogP contribution in [0.1, 0.15) is 32.1 Å². The van der Waals surface area contributed by atoms with Crippen molar-refractivity contribution in [3.63, 3.8) is 0 Å². The smallest absolute Gasteiger partial charge is 0.338 e. The molecule has 0 aliphatic rings. The number of fused-ring (bicyclic) bond motifs is 1. The van der Waals surface area contributed by atoms with E-state index in [1.54, 1.807) is 66.7 Å². The lowest BCUT2D eigenvalue weighted by Crippen LogP contribution is -2.38. The maximum Gasteiger partial charge on any atom is 0.338 e. The van der Waals surface area contributed by atoms with Crippen LogP contribution in [0, 0.1) is 5.21 Å². The lowest BCUT2D eigenvalue weighted by Gasteiger charge is -2.12. The summed E-state index contributed by atoms with van der Waals surface area (Å²) in [7, 11) is 3.00. The van der Waals surface area contributed by atoms with Gasteiger partial charge >= 0.3 is 5.97 Å². The van der Waals surface area contributed by atoms with Crippen molar-refractivity contribution in [2.75, 3.05) is 14.2 Å². The second-order valence-electron chi connectivity index (χ2n) is 7.06. The summed E-state index contributed by atoms with van der Waals surface area (Å²) in [6.07, 6.45) is 0. The lowest BCUT2D eigenvalue weighted by atomic mass is 10.1. The van der Waals surface area contributed by atoms with E-state index in [4.69, 9.17) is 14.2 Å². The maximum atomic E-state index is 13.3. The first-order chi connectivity index (χ1) is 16.0. The molecule has 0 saturated heterocycles. The standard InChI is InChI=1S/C25H20N2O6/c1-31-18-10-8-17(9-11-18)25(29)33-15-21-23(24(28)16-6-4-3-5-7-16)27(30)22-14-19(32-2)12-13-20(22)26-21/h3-14H,15H2,1-2H3. The Labute approximate surface area is 189 Å². The minimum Gasteiger partial charge on any atom is -0.618 e. The van der Waals surface area contributed by atoms with Crippen LogP contribution in [-0.4, -0.2) is 31.0 Å². The molecule has 0 N–H and O–H groups in total. The molecule has 0 unspecified atom stereocenters. The Morgan fingerprint density at radius 1 is 0.879 bits per heavy atom. The SMILES string of the molecule is COc1ccc(C(=O)OCc2nc3ccc(OC)cc3[n+]([O-])c2C(=O)c2ccccc2)cc1. The fourth-order valence-electron chi connectivity index (χ4n) is 3.32. The highest BCUT2D eigenvalue weighted by molar-refractivity contribution is 6.07. The molecule has 4 rings (SSSR count). The van der Waals surface area contributed by atoms with Gasteiger partial charge in [-0.15, -0.1) is 0 Å². The van der Waals surface area contributed by atoms with Crippen LogP contribution < -0.4 is 14.2 Å². The fourth-order valence-corrected chi connectivity index (χ4v) is 3.32. The van der Waals surface area contributed by atoms with Gasteiger partial charge in [0, 0.05) is 5.56 Å². The average Bonchev–Trinajstić information content (AvgIpc) is 2.87. The largest absolute Gasteiger partial charge is 0.618 e. The van der Waals surface area contributed by atoms with Gasteiger partial charge in [-0.3, -0.25) is 4.79 Å². The molecule has 1 heterocycles. The van der Waals surface area contributed by atoms with E-state index < -0.39 is 11.8 Å². The molecule has 0 aliphatic carbocycles. The summed E-state index contributed by atoms with van der Waals surface area (Å²) < 4.78 is 16.2. The third-order valence-electron chi connectivity index (χ3n) is 5.05. The van der Waals surface area contributed by atoms with Crippen LogP contribution >= 0.6 is 0 Å². The Kier molecular flexibility index (Phi) is 6.17. The molecule has 0 atom stereocenters. The molecule has 0 amide bonds. The summed E-state index contributed by atoms with van der Waals surface area (Å²) >= 11 is 0. The number of methoxy groups -OCH3 is 2. The van der Waals surface area contributed by atoms with Crippen LogP contribution in [0.4, 0.5) is 0 Å². The summed E-state index contributed by atoms with van der Waals surface area (Å²) in [5, 5.41) is 13.3. The lowest BCUT2D eigenvalue weighted by molar-refractivity contribution is -0.580. The highest BCUT2D eigenvalue weighted by atomic mass is 16.5. The Morgan fingerprint density at radius 2 is 1.55 bits per heavy atom. The van der Waals surface area contributed by atoms with E-state index >= 15 is 0 Å². The molecular formula is C25H20N2O6. The second-order valence-corrected chi connectivity index (χ2v) is 7.06. The number of carbonyl (C=O) groups excluding carboxylic acids is 2. The minimum atomic E-state index is -0.621. The number of hydrogen-bond donors (Lipinski definition) is 0. The number of hydrogen-bond acceptors (Lipinski definition) is 7. The molecule has 0 fully saturated rings. The van der Waals surface area contributed by atoms with E-state index in [0.29, 0.717) is 32.9 Å². The molecule has 33 heavy (non-hydrogen) atoms. The number of nitrogens with zero attached hydrogens (tertiary/aromatic N) is 2. The molecule has 4 aromatic rings. The Bertz CT molecular complexity index is 1320. The molecule has 0 saturated carbocycles. The van der Waals surface area contributed by atoms with E-state index in [2.05, 4.69) is 4.98 Å². The highest BCUT2D eigenvalue weighted by Crippen LogP contribution is 2.21. The zero-order valence-electron chi connectivity index (χ0n) is 18.0. The van der Waals surface area contributed by atoms with E-state index in [1.165, 1.54) is 20.3 Å². The number of ketones is 1. The molecule has 1 aromatic heterocycles. The maximum absolute atomic E-state index is 13.3. The van der Waals surface area contributed by atoms with Gasteiger partial charge in [0.05, 0.1) is 25.8 Å². The zero-order valence-corrected chi connectivity index (χ0v) is 18.0. The Morgan fingerprint density at radius 3 is 2.21 bits per heavy atom.